The first-order valence-electron chi connectivity index (χ1n) is 9.75. The molecule has 0 bridgehead atoms. The summed E-state index contributed by atoms with van der Waals surface area (Å²) in [5.41, 5.74) is 4.84. The molecule has 1 unspecified atom stereocenters. The Balaban J connectivity index is 1.56. The van der Waals surface area contributed by atoms with E-state index >= 15 is 0 Å². The number of pyridine rings is 1. The number of rotatable bonds is 2. The molecule has 142 valence electrons. The lowest BCUT2D eigenvalue weighted by Gasteiger charge is -2.28. The van der Waals surface area contributed by atoms with Gasteiger partial charge < -0.3 is 20.1 Å². The van der Waals surface area contributed by atoms with Crippen molar-refractivity contribution in [2.75, 3.05) is 31.6 Å². The Morgan fingerprint density at radius 1 is 1.15 bits per heavy atom. The van der Waals surface area contributed by atoms with Gasteiger partial charge in [0.25, 0.3) is 0 Å². The number of nitrogens with zero attached hydrogens (tertiary/aromatic N) is 1. The maximum absolute atomic E-state index is 6.44. The van der Waals surface area contributed by atoms with Crippen molar-refractivity contribution in [1.29, 1.82) is 0 Å². The molecule has 0 radical (unpaired) electrons. The number of anilines is 2. The van der Waals surface area contributed by atoms with Crippen LogP contribution in [0.1, 0.15) is 54.4 Å². The molecule has 27 heavy (non-hydrogen) atoms. The molecule has 2 aromatic rings. The van der Waals surface area contributed by atoms with E-state index in [9.17, 15) is 0 Å². The van der Waals surface area contributed by atoms with Crippen LogP contribution in [-0.4, -0.2) is 31.3 Å². The predicted molar refractivity (Wildman–Crippen MR) is 109 cm³/mol. The highest BCUT2D eigenvalue weighted by Crippen LogP contribution is 2.46. The van der Waals surface area contributed by atoms with Crippen LogP contribution >= 0.6 is 15.9 Å². The zero-order valence-corrected chi connectivity index (χ0v) is 17.0. The van der Waals surface area contributed by atoms with Gasteiger partial charge in [0.2, 0.25) is 0 Å². The third kappa shape index (κ3) is 3.13. The fourth-order valence-electron chi connectivity index (χ4n) is 4.33. The van der Waals surface area contributed by atoms with Gasteiger partial charge in [0.05, 0.1) is 10.2 Å². The lowest BCUT2D eigenvalue weighted by Crippen LogP contribution is -2.39. The first-order valence-corrected chi connectivity index (χ1v) is 10.5. The fraction of sp³-hybridized carbons (Fsp3) is 0.476. The topological polar surface area (TPSA) is 55.4 Å². The van der Waals surface area contributed by atoms with E-state index in [2.05, 4.69) is 56.7 Å². The second-order valence-electron chi connectivity index (χ2n) is 7.67. The molecule has 0 amide bonds. The molecule has 5 rings (SSSR count). The summed E-state index contributed by atoms with van der Waals surface area (Å²) in [6.07, 6.45) is 3.97. The molecule has 0 aliphatic carbocycles. The molecule has 3 aliphatic rings. The van der Waals surface area contributed by atoms with Gasteiger partial charge in [0, 0.05) is 44.0 Å². The minimum atomic E-state index is -0.0622. The third-order valence-corrected chi connectivity index (χ3v) is 6.55. The van der Waals surface area contributed by atoms with Crippen LogP contribution in [0.15, 0.2) is 28.9 Å². The maximum Gasteiger partial charge on any atom is 0.157 e. The number of aromatic nitrogens is 1. The molecule has 3 aliphatic heterocycles. The normalized spacial score (nSPS) is 22.7. The Kier molecular flexibility index (Phi) is 4.58. The summed E-state index contributed by atoms with van der Waals surface area (Å²) in [7, 11) is 0. The van der Waals surface area contributed by atoms with Gasteiger partial charge in [0.15, 0.2) is 5.75 Å². The number of hydrogen-bond acceptors (Lipinski definition) is 5. The van der Waals surface area contributed by atoms with Gasteiger partial charge >= 0.3 is 0 Å². The van der Waals surface area contributed by atoms with Crippen molar-refractivity contribution in [1.82, 2.24) is 10.3 Å². The molecule has 1 aromatic heterocycles. The largest absolute Gasteiger partial charge is 0.482 e. The van der Waals surface area contributed by atoms with Crippen molar-refractivity contribution < 1.29 is 9.47 Å². The average molecular weight is 430 g/mol. The van der Waals surface area contributed by atoms with Gasteiger partial charge in [-0.25, -0.2) is 4.98 Å². The zero-order valence-electron chi connectivity index (χ0n) is 15.4. The van der Waals surface area contributed by atoms with Crippen LogP contribution in [0.2, 0.25) is 0 Å². The van der Waals surface area contributed by atoms with Crippen LogP contribution in [0.3, 0.4) is 0 Å². The molecule has 4 heterocycles. The standard InChI is InChI=1S/C21H24BrN3O2/c1-12-19-16(13-3-6-26-7-4-13)2-5-24-21(19)25-18-9-14(15-10-23-11-15)8-17(22)20(18)27-12/h2,5,8-9,12-13,15,23H,3-4,6-7,10-11H2,1H3,(H,24,25). The molecule has 1 aromatic carbocycles. The van der Waals surface area contributed by atoms with E-state index in [1.807, 2.05) is 6.20 Å². The molecule has 0 spiro atoms. The summed E-state index contributed by atoms with van der Waals surface area (Å²) in [6.45, 7) is 5.84. The van der Waals surface area contributed by atoms with Crippen LogP contribution in [0, 0.1) is 0 Å². The van der Waals surface area contributed by atoms with E-state index in [1.165, 1.54) is 16.7 Å². The minimum absolute atomic E-state index is 0.0622. The Hall–Kier alpha value is -1.63. The van der Waals surface area contributed by atoms with E-state index in [4.69, 9.17) is 9.47 Å². The molecule has 0 saturated carbocycles. The van der Waals surface area contributed by atoms with Gasteiger partial charge in [0.1, 0.15) is 11.9 Å². The van der Waals surface area contributed by atoms with Crippen molar-refractivity contribution in [3.63, 3.8) is 0 Å². The molecule has 1 atom stereocenters. The number of halogens is 1. The van der Waals surface area contributed by atoms with Gasteiger partial charge in [-0.15, -0.1) is 0 Å². The SMILES string of the molecule is CC1Oc2c(Br)cc(C3CNC3)cc2Nc2nccc(C3CCOCC3)c21. The first kappa shape index (κ1) is 17.5. The van der Waals surface area contributed by atoms with Crippen LogP contribution in [-0.2, 0) is 4.74 Å². The van der Waals surface area contributed by atoms with Crippen molar-refractivity contribution >= 4 is 27.4 Å². The summed E-state index contributed by atoms with van der Waals surface area (Å²) < 4.78 is 13.0. The third-order valence-electron chi connectivity index (χ3n) is 5.96. The highest BCUT2D eigenvalue weighted by molar-refractivity contribution is 9.10. The lowest BCUT2D eigenvalue weighted by atomic mass is 9.87. The molecule has 2 N–H and O–H groups in total. The number of ether oxygens (including phenoxy) is 2. The van der Waals surface area contributed by atoms with Crippen LogP contribution in [0.5, 0.6) is 5.75 Å². The van der Waals surface area contributed by atoms with Gasteiger partial charge in [-0.3, -0.25) is 0 Å². The van der Waals surface area contributed by atoms with Crippen molar-refractivity contribution in [3.05, 3.63) is 45.6 Å². The second kappa shape index (κ2) is 7.08. The average Bonchev–Trinajstić information content (AvgIpc) is 2.77. The lowest BCUT2D eigenvalue weighted by molar-refractivity contribution is 0.0846. The monoisotopic (exact) mass is 429 g/mol. The second-order valence-corrected chi connectivity index (χ2v) is 8.52. The van der Waals surface area contributed by atoms with E-state index < -0.39 is 0 Å². The number of benzene rings is 1. The molecule has 2 fully saturated rings. The maximum atomic E-state index is 6.44. The van der Waals surface area contributed by atoms with Crippen LogP contribution in [0.4, 0.5) is 11.5 Å². The Bertz CT molecular complexity index is 863. The Labute approximate surface area is 168 Å². The predicted octanol–water partition coefficient (Wildman–Crippen LogP) is 4.62. The molecular weight excluding hydrogens is 406 g/mol. The molecular formula is C21H24BrN3O2. The van der Waals surface area contributed by atoms with Gasteiger partial charge in [-0.1, -0.05) is 0 Å². The zero-order chi connectivity index (χ0) is 18.4. The van der Waals surface area contributed by atoms with Crippen molar-refractivity contribution in [2.45, 2.75) is 37.7 Å². The molecule has 5 nitrogen and oxygen atoms in total. The number of nitrogens with one attached hydrogen (secondary N) is 2. The summed E-state index contributed by atoms with van der Waals surface area (Å²) in [4.78, 5) is 4.67. The molecule has 2 saturated heterocycles. The first-order chi connectivity index (χ1) is 13.2. The van der Waals surface area contributed by atoms with E-state index in [0.717, 1.165) is 60.9 Å². The summed E-state index contributed by atoms with van der Waals surface area (Å²) >= 11 is 3.73. The summed E-state index contributed by atoms with van der Waals surface area (Å²) in [5, 5.41) is 6.93. The summed E-state index contributed by atoms with van der Waals surface area (Å²) in [5.74, 6) is 2.86. The Morgan fingerprint density at radius 3 is 2.70 bits per heavy atom. The molecule has 6 heteroatoms. The van der Waals surface area contributed by atoms with E-state index in [1.54, 1.807) is 0 Å². The van der Waals surface area contributed by atoms with Crippen LogP contribution < -0.4 is 15.4 Å². The smallest absolute Gasteiger partial charge is 0.157 e. The van der Waals surface area contributed by atoms with Gasteiger partial charge in [-0.05, 0) is 70.9 Å². The fourth-order valence-corrected chi connectivity index (χ4v) is 4.90. The number of fused-ring (bicyclic) bond motifs is 2. The Morgan fingerprint density at radius 2 is 1.96 bits per heavy atom. The summed E-state index contributed by atoms with van der Waals surface area (Å²) in [6, 6.07) is 6.57. The minimum Gasteiger partial charge on any atom is -0.482 e. The van der Waals surface area contributed by atoms with Gasteiger partial charge in [-0.2, -0.15) is 0 Å². The highest BCUT2D eigenvalue weighted by atomic mass is 79.9. The van der Waals surface area contributed by atoms with Crippen molar-refractivity contribution in [3.8, 4) is 5.75 Å². The van der Waals surface area contributed by atoms with Crippen molar-refractivity contribution in [2.24, 2.45) is 0 Å². The van der Waals surface area contributed by atoms with E-state index in [-0.39, 0.29) is 6.10 Å². The van der Waals surface area contributed by atoms with Crippen LogP contribution in [0.25, 0.3) is 0 Å². The highest BCUT2D eigenvalue weighted by Gasteiger charge is 2.30. The van der Waals surface area contributed by atoms with E-state index in [0.29, 0.717) is 11.8 Å². The quantitative estimate of drug-likeness (QED) is 0.728. The number of hydrogen-bond donors (Lipinski definition) is 2.